The molecular formula is C14H18F3N3O. The van der Waals surface area contributed by atoms with Gasteiger partial charge in [-0.3, -0.25) is 9.69 Å². The molecule has 0 spiro atoms. The van der Waals surface area contributed by atoms with E-state index in [1.165, 1.54) is 18.2 Å². The predicted molar refractivity (Wildman–Crippen MR) is 74.0 cm³/mol. The smallest absolute Gasteiger partial charge is 0.324 e. The van der Waals surface area contributed by atoms with E-state index in [1.54, 1.807) is 0 Å². The van der Waals surface area contributed by atoms with Crippen molar-refractivity contribution in [1.29, 1.82) is 0 Å². The zero-order valence-electron chi connectivity index (χ0n) is 11.7. The van der Waals surface area contributed by atoms with Crippen LogP contribution in [0.2, 0.25) is 0 Å². The summed E-state index contributed by atoms with van der Waals surface area (Å²) in [4.78, 5) is 13.9. The number of anilines is 1. The second-order valence-corrected chi connectivity index (χ2v) is 5.12. The molecule has 1 atom stereocenters. The molecule has 116 valence electrons. The Balaban J connectivity index is 2.03. The fourth-order valence-corrected chi connectivity index (χ4v) is 2.33. The molecule has 0 bridgehead atoms. The van der Waals surface area contributed by atoms with Crippen molar-refractivity contribution in [2.75, 3.05) is 31.5 Å². The summed E-state index contributed by atoms with van der Waals surface area (Å²) < 4.78 is 38.5. The number of alkyl halides is 3. The molecule has 1 aliphatic heterocycles. The van der Waals surface area contributed by atoms with Crippen molar-refractivity contribution in [3.63, 3.8) is 0 Å². The number of hydrogen-bond acceptors (Lipinski definition) is 3. The molecule has 7 heteroatoms. The van der Waals surface area contributed by atoms with Crippen LogP contribution in [-0.2, 0) is 11.0 Å². The molecule has 1 aliphatic rings. The summed E-state index contributed by atoms with van der Waals surface area (Å²) in [5, 5.41) is 5.56. The Morgan fingerprint density at radius 3 is 2.81 bits per heavy atom. The molecule has 0 saturated carbocycles. The molecule has 1 aromatic rings. The molecular weight excluding hydrogens is 283 g/mol. The molecule has 4 nitrogen and oxygen atoms in total. The Hall–Kier alpha value is -1.60. The lowest BCUT2D eigenvalue weighted by molar-refractivity contribution is -0.137. The van der Waals surface area contributed by atoms with E-state index in [1.807, 2.05) is 11.8 Å². The van der Waals surface area contributed by atoms with Gasteiger partial charge < -0.3 is 10.6 Å². The van der Waals surface area contributed by atoms with Gasteiger partial charge in [0.05, 0.1) is 17.8 Å². The van der Waals surface area contributed by atoms with Crippen LogP contribution >= 0.6 is 0 Å². The first-order chi connectivity index (χ1) is 9.88. The van der Waals surface area contributed by atoms with Crippen molar-refractivity contribution in [2.45, 2.75) is 19.1 Å². The lowest BCUT2D eigenvalue weighted by atomic mass is 10.1. The molecule has 1 amide bonds. The van der Waals surface area contributed by atoms with E-state index in [0.717, 1.165) is 19.2 Å². The molecule has 0 aromatic heterocycles. The van der Waals surface area contributed by atoms with Gasteiger partial charge in [-0.25, -0.2) is 0 Å². The number of rotatable bonds is 3. The number of para-hydroxylation sites is 1. The topological polar surface area (TPSA) is 44.4 Å². The Kier molecular flexibility index (Phi) is 4.84. The number of halogens is 3. The molecule has 21 heavy (non-hydrogen) atoms. The third-order valence-electron chi connectivity index (χ3n) is 3.49. The number of piperazine rings is 1. The monoisotopic (exact) mass is 301 g/mol. The molecule has 2 rings (SSSR count). The van der Waals surface area contributed by atoms with Gasteiger partial charge >= 0.3 is 6.18 Å². The van der Waals surface area contributed by atoms with E-state index in [-0.39, 0.29) is 18.3 Å². The maximum Gasteiger partial charge on any atom is 0.418 e. The first kappa shape index (κ1) is 15.8. The van der Waals surface area contributed by atoms with E-state index in [4.69, 9.17) is 0 Å². The van der Waals surface area contributed by atoms with E-state index >= 15 is 0 Å². The summed E-state index contributed by atoms with van der Waals surface area (Å²) in [6, 6.07) is 5.18. The highest BCUT2D eigenvalue weighted by Crippen LogP contribution is 2.34. The second kappa shape index (κ2) is 6.44. The van der Waals surface area contributed by atoms with Crippen LogP contribution in [0.4, 0.5) is 18.9 Å². The van der Waals surface area contributed by atoms with Crippen LogP contribution in [0.5, 0.6) is 0 Å². The van der Waals surface area contributed by atoms with Gasteiger partial charge in [-0.05, 0) is 19.1 Å². The minimum absolute atomic E-state index is 0.0923. The number of amides is 1. The van der Waals surface area contributed by atoms with E-state index in [0.29, 0.717) is 6.54 Å². The maximum atomic E-state index is 12.8. The molecule has 2 N–H and O–H groups in total. The minimum Gasteiger partial charge on any atom is -0.324 e. The largest absolute Gasteiger partial charge is 0.418 e. The zero-order chi connectivity index (χ0) is 15.5. The van der Waals surface area contributed by atoms with Crippen molar-refractivity contribution in [1.82, 2.24) is 10.2 Å². The normalized spacial score (nSPS) is 20.3. The lowest BCUT2D eigenvalue weighted by Gasteiger charge is -2.33. The van der Waals surface area contributed by atoms with Gasteiger partial charge in [0.1, 0.15) is 0 Å². The second-order valence-electron chi connectivity index (χ2n) is 5.12. The molecule has 0 radical (unpaired) electrons. The van der Waals surface area contributed by atoms with Crippen molar-refractivity contribution in [2.24, 2.45) is 0 Å². The predicted octanol–water partition coefficient (Wildman–Crippen LogP) is 1.94. The number of nitrogens with zero attached hydrogens (tertiary/aromatic N) is 1. The Bertz CT molecular complexity index is 504. The number of carbonyl (C=O) groups excluding carboxylic acids is 1. The van der Waals surface area contributed by atoms with Crippen molar-refractivity contribution in [3.8, 4) is 0 Å². The average Bonchev–Trinajstić information content (AvgIpc) is 2.41. The van der Waals surface area contributed by atoms with Crippen LogP contribution in [0.25, 0.3) is 0 Å². The van der Waals surface area contributed by atoms with Gasteiger partial charge in [0.25, 0.3) is 0 Å². The van der Waals surface area contributed by atoms with Gasteiger partial charge in [-0.1, -0.05) is 12.1 Å². The van der Waals surface area contributed by atoms with Crippen LogP contribution < -0.4 is 10.6 Å². The van der Waals surface area contributed by atoms with Crippen LogP contribution in [0, 0.1) is 0 Å². The third kappa shape index (κ3) is 4.18. The van der Waals surface area contributed by atoms with Crippen LogP contribution in [0.15, 0.2) is 24.3 Å². The molecule has 1 heterocycles. The van der Waals surface area contributed by atoms with Crippen molar-refractivity contribution < 1.29 is 18.0 Å². The quantitative estimate of drug-likeness (QED) is 0.897. The van der Waals surface area contributed by atoms with Gasteiger partial charge in [-0.15, -0.1) is 0 Å². The van der Waals surface area contributed by atoms with E-state index in [9.17, 15) is 18.0 Å². The van der Waals surface area contributed by atoms with Crippen molar-refractivity contribution >= 4 is 11.6 Å². The van der Waals surface area contributed by atoms with E-state index < -0.39 is 17.6 Å². The van der Waals surface area contributed by atoms with Gasteiger partial charge in [0.2, 0.25) is 5.91 Å². The standard InChI is InChI=1S/C14H18F3N3O/c1-10-8-18-6-7-20(10)9-13(21)19-12-5-3-2-4-11(12)14(15,16)17/h2-5,10,18H,6-9H2,1H3,(H,19,21)/t10-/m0/s1. The fourth-order valence-electron chi connectivity index (χ4n) is 2.33. The number of nitrogens with one attached hydrogen (secondary N) is 2. The SMILES string of the molecule is C[C@H]1CNCCN1CC(=O)Nc1ccccc1C(F)(F)F. The highest BCUT2D eigenvalue weighted by molar-refractivity contribution is 5.93. The molecule has 1 aromatic carbocycles. The summed E-state index contributed by atoms with van der Waals surface area (Å²) in [7, 11) is 0. The lowest BCUT2D eigenvalue weighted by Crippen LogP contribution is -2.52. The molecule has 0 unspecified atom stereocenters. The Morgan fingerprint density at radius 1 is 1.43 bits per heavy atom. The average molecular weight is 301 g/mol. The number of benzene rings is 1. The summed E-state index contributed by atoms with van der Waals surface area (Å²) >= 11 is 0. The van der Waals surface area contributed by atoms with Gasteiger partial charge in [0, 0.05) is 25.7 Å². The number of hydrogen-bond donors (Lipinski definition) is 2. The maximum absolute atomic E-state index is 12.8. The fraction of sp³-hybridized carbons (Fsp3) is 0.500. The van der Waals surface area contributed by atoms with Gasteiger partial charge in [0.15, 0.2) is 0 Å². The van der Waals surface area contributed by atoms with E-state index in [2.05, 4.69) is 10.6 Å². The first-order valence-corrected chi connectivity index (χ1v) is 6.79. The van der Waals surface area contributed by atoms with Crippen molar-refractivity contribution in [3.05, 3.63) is 29.8 Å². The Labute approximate surface area is 121 Å². The van der Waals surface area contributed by atoms with Crippen LogP contribution in [-0.4, -0.2) is 43.0 Å². The summed E-state index contributed by atoms with van der Waals surface area (Å²) in [5.41, 5.74) is -1.02. The Morgan fingerprint density at radius 2 is 2.14 bits per heavy atom. The molecule has 0 aliphatic carbocycles. The molecule has 1 saturated heterocycles. The zero-order valence-corrected chi connectivity index (χ0v) is 11.7. The minimum atomic E-state index is -4.48. The summed E-state index contributed by atoms with van der Waals surface area (Å²) in [6.07, 6.45) is -4.48. The van der Waals surface area contributed by atoms with Gasteiger partial charge in [-0.2, -0.15) is 13.2 Å². The highest BCUT2D eigenvalue weighted by Gasteiger charge is 2.33. The highest BCUT2D eigenvalue weighted by atomic mass is 19.4. The summed E-state index contributed by atoms with van der Waals surface area (Å²) in [6.45, 7) is 4.32. The third-order valence-corrected chi connectivity index (χ3v) is 3.49. The first-order valence-electron chi connectivity index (χ1n) is 6.79. The van der Waals surface area contributed by atoms with Crippen LogP contribution in [0.3, 0.4) is 0 Å². The van der Waals surface area contributed by atoms with Crippen LogP contribution in [0.1, 0.15) is 12.5 Å². The summed E-state index contributed by atoms with van der Waals surface area (Å²) in [5.74, 6) is -0.430. The number of carbonyl (C=O) groups is 1. The molecule has 1 fully saturated rings.